The van der Waals surface area contributed by atoms with Gasteiger partial charge in [0.05, 0.1) is 17.9 Å². The minimum Gasteiger partial charge on any atom is -0.389 e. The van der Waals surface area contributed by atoms with E-state index < -0.39 is 6.10 Å². The maximum absolute atomic E-state index is 9.61. The second-order valence-corrected chi connectivity index (χ2v) is 5.91. The Morgan fingerprint density at radius 2 is 2.32 bits per heavy atom. The van der Waals surface area contributed by atoms with Gasteiger partial charge in [0.2, 0.25) is 0 Å². The standard InChI is InChI=1S/C15H22BrNO2/c1-3-17(10-13-5-4-8-19-13)15-7-6-12(11(2)18)9-14(15)16/h6-7,9,11,13,18H,3-5,8,10H2,1-2H3. The number of rotatable bonds is 5. The van der Waals surface area contributed by atoms with Gasteiger partial charge in [-0.1, -0.05) is 6.07 Å². The zero-order valence-electron chi connectivity index (χ0n) is 11.6. The van der Waals surface area contributed by atoms with Crippen molar-refractivity contribution in [3.63, 3.8) is 0 Å². The highest BCUT2D eigenvalue weighted by Gasteiger charge is 2.20. The summed E-state index contributed by atoms with van der Waals surface area (Å²) in [6.45, 7) is 6.72. The van der Waals surface area contributed by atoms with Gasteiger partial charge in [-0.25, -0.2) is 0 Å². The van der Waals surface area contributed by atoms with Crippen LogP contribution in [0.1, 0.15) is 38.4 Å². The van der Waals surface area contributed by atoms with Crippen LogP contribution in [0.3, 0.4) is 0 Å². The number of hydrogen-bond donors (Lipinski definition) is 1. The van der Waals surface area contributed by atoms with E-state index in [9.17, 15) is 5.11 Å². The van der Waals surface area contributed by atoms with Gasteiger partial charge in [0, 0.05) is 24.2 Å². The molecule has 1 N–H and O–H groups in total. The number of aliphatic hydroxyl groups excluding tert-OH is 1. The molecule has 4 heteroatoms. The summed E-state index contributed by atoms with van der Waals surface area (Å²) in [6, 6.07) is 6.06. The molecule has 0 spiro atoms. The Hall–Kier alpha value is -0.580. The molecule has 3 nitrogen and oxygen atoms in total. The van der Waals surface area contributed by atoms with E-state index in [-0.39, 0.29) is 0 Å². The van der Waals surface area contributed by atoms with E-state index in [1.165, 1.54) is 12.1 Å². The Balaban J connectivity index is 2.13. The third kappa shape index (κ3) is 3.71. The highest BCUT2D eigenvalue weighted by molar-refractivity contribution is 9.10. The van der Waals surface area contributed by atoms with Crippen molar-refractivity contribution in [3.05, 3.63) is 28.2 Å². The fourth-order valence-corrected chi connectivity index (χ4v) is 3.12. The molecular weight excluding hydrogens is 306 g/mol. The Morgan fingerprint density at radius 3 is 2.84 bits per heavy atom. The third-order valence-corrected chi connectivity index (χ3v) is 4.26. The summed E-state index contributed by atoms with van der Waals surface area (Å²) in [5, 5.41) is 9.61. The average molecular weight is 328 g/mol. The molecule has 0 saturated carbocycles. The van der Waals surface area contributed by atoms with E-state index in [0.29, 0.717) is 6.10 Å². The summed E-state index contributed by atoms with van der Waals surface area (Å²) in [4.78, 5) is 2.33. The van der Waals surface area contributed by atoms with E-state index in [4.69, 9.17) is 4.74 Å². The molecule has 0 aromatic heterocycles. The van der Waals surface area contributed by atoms with Crippen LogP contribution >= 0.6 is 15.9 Å². The molecule has 0 bridgehead atoms. The predicted octanol–water partition coefficient (Wildman–Crippen LogP) is 3.51. The fraction of sp³-hybridized carbons (Fsp3) is 0.600. The van der Waals surface area contributed by atoms with Crippen molar-refractivity contribution in [1.29, 1.82) is 0 Å². The van der Waals surface area contributed by atoms with Crippen molar-refractivity contribution in [2.24, 2.45) is 0 Å². The van der Waals surface area contributed by atoms with Gasteiger partial charge in [0.1, 0.15) is 0 Å². The summed E-state index contributed by atoms with van der Waals surface area (Å²) in [7, 11) is 0. The van der Waals surface area contributed by atoms with Crippen LogP contribution in [0.2, 0.25) is 0 Å². The van der Waals surface area contributed by atoms with E-state index in [1.807, 2.05) is 12.1 Å². The Labute approximate surface area is 123 Å². The monoisotopic (exact) mass is 327 g/mol. The van der Waals surface area contributed by atoms with Crippen LogP contribution in [0.25, 0.3) is 0 Å². The average Bonchev–Trinajstić information content (AvgIpc) is 2.89. The summed E-state index contributed by atoms with van der Waals surface area (Å²) in [5.41, 5.74) is 2.10. The van der Waals surface area contributed by atoms with Crippen molar-refractivity contribution >= 4 is 21.6 Å². The zero-order chi connectivity index (χ0) is 13.8. The van der Waals surface area contributed by atoms with Gasteiger partial charge in [0.15, 0.2) is 0 Å². The Bertz CT molecular complexity index is 417. The number of aliphatic hydroxyl groups is 1. The van der Waals surface area contributed by atoms with Gasteiger partial charge in [-0.15, -0.1) is 0 Å². The van der Waals surface area contributed by atoms with Crippen LogP contribution < -0.4 is 4.90 Å². The van der Waals surface area contributed by atoms with E-state index >= 15 is 0 Å². The number of hydrogen-bond acceptors (Lipinski definition) is 3. The van der Waals surface area contributed by atoms with Gasteiger partial charge in [-0.3, -0.25) is 0 Å². The first-order chi connectivity index (χ1) is 9.11. The van der Waals surface area contributed by atoms with Crippen molar-refractivity contribution in [3.8, 4) is 0 Å². The van der Waals surface area contributed by atoms with Crippen molar-refractivity contribution < 1.29 is 9.84 Å². The molecule has 1 aliphatic rings. The molecular formula is C15H22BrNO2. The second kappa shape index (κ2) is 6.73. The lowest BCUT2D eigenvalue weighted by atomic mass is 10.1. The third-order valence-electron chi connectivity index (χ3n) is 3.62. The molecule has 2 rings (SSSR count). The molecule has 19 heavy (non-hydrogen) atoms. The van der Waals surface area contributed by atoms with Crippen LogP contribution in [0.5, 0.6) is 0 Å². The number of ether oxygens (including phenoxy) is 1. The van der Waals surface area contributed by atoms with Gasteiger partial charge in [-0.05, 0) is 60.3 Å². The maximum atomic E-state index is 9.61. The van der Waals surface area contributed by atoms with Crippen molar-refractivity contribution in [2.45, 2.75) is 38.9 Å². The molecule has 106 valence electrons. The van der Waals surface area contributed by atoms with Crippen LogP contribution in [0.15, 0.2) is 22.7 Å². The molecule has 1 heterocycles. The molecule has 1 aliphatic heterocycles. The highest BCUT2D eigenvalue weighted by Crippen LogP contribution is 2.30. The minimum absolute atomic E-state index is 0.350. The van der Waals surface area contributed by atoms with Crippen LogP contribution in [0, 0.1) is 0 Å². The predicted molar refractivity (Wildman–Crippen MR) is 81.6 cm³/mol. The lowest BCUT2D eigenvalue weighted by Crippen LogP contribution is -2.32. The molecule has 1 saturated heterocycles. The second-order valence-electron chi connectivity index (χ2n) is 5.06. The maximum Gasteiger partial charge on any atom is 0.0762 e. The van der Waals surface area contributed by atoms with Gasteiger partial charge in [-0.2, -0.15) is 0 Å². The van der Waals surface area contributed by atoms with Gasteiger partial charge < -0.3 is 14.7 Å². The van der Waals surface area contributed by atoms with Gasteiger partial charge >= 0.3 is 0 Å². The molecule has 1 fully saturated rings. The minimum atomic E-state index is -0.432. The Morgan fingerprint density at radius 1 is 1.53 bits per heavy atom. The van der Waals surface area contributed by atoms with E-state index in [2.05, 4.69) is 33.8 Å². The first-order valence-electron chi connectivity index (χ1n) is 6.96. The van der Waals surface area contributed by atoms with Crippen LogP contribution in [0.4, 0.5) is 5.69 Å². The molecule has 2 unspecified atom stereocenters. The lowest BCUT2D eigenvalue weighted by Gasteiger charge is -2.27. The van der Waals surface area contributed by atoms with Crippen LogP contribution in [-0.2, 0) is 4.74 Å². The van der Waals surface area contributed by atoms with Crippen molar-refractivity contribution in [1.82, 2.24) is 0 Å². The summed E-state index contributed by atoms with van der Waals surface area (Å²) in [6.07, 6.45) is 2.24. The zero-order valence-corrected chi connectivity index (χ0v) is 13.2. The number of likely N-dealkylation sites (N-methyl/N-ethyl adjacent to an activating group) is 1. The fourth-order valence-electron chi connectivity index (χ4n) is 2.47. The number of benzene rings is 1. The quantitative estimate of drug-likeness (QED) is 0.898. The van der Waals surface area contributed by atoms with Crippen LogP contribution in [-0.4, -0.2) is 30.9 Å². The molecule has 0 amide bonds. The first kappa shape index (κ1) is 14.8. The van der Waals surface area contributed by atoms with Gasteiger partial charge in [0.25, 0.3) is 0 Å². The van der Waals surface area contributed by atoms with E-state index in [0.717, 1.165) is 36.2 Å². The molecule has 0 radical (unpaired) electrons. The smallest absolute Gasteiger partial charge is 0.0762 e. The molecule has 1 aromatic carbocycles. The molecule has 1 aromatic rings. The number of anilines is 1. The first-order valence-corrected chi connectivity index (χ1v) is 7.75. The SMILES string of the molecule is CCN(CC1CCCO1)c1ccc(C(C)O)cc1Br. The molecule has 2 atom stereocenters. The number of halogens is 1. The summed E-state index contributed by atoms with van der Waals surface area (Å²) < 4.78 is 6.74. The number of nitrogens with zero attached hydrogens (tertiary/aromatic N) is 1. The molecule has 0 aliphatic carbocycles. The Kier molecular flexibility index (Phi) is 5.25. The topological polar surface area (TPSA) is 32.7 Å². The lowest BCUT2D eigenvalue weighted by molar-refractivity contribution is 0.115. The van der Waals surface area contributed by atoms with Crippen molar-refractivity contribution in [2.75, 3.05) is 24.6 Å². The summed E-state index contributed by atoms with van der Waals surface area (Å²) >= 11 is 3.61. The van der Waals surface area contributed by atoms with E-state index in [1.54, 1.807) is 6.92 Å². The highest BCUT2D eigenvalue weighted by atomic mass is 79.9. The normalized spacial score (nSPS) is 20.5. The summed E-state index contributed by atoms with van der Waals surface area (Å²) in [5.74, 6) is 0. The largest absolute Gasteiger partial charge is 0.389 e.